The van der Waals surface area contributed by atoms with Gasteiger partial charge in [0.25, 0.3) is 0 Å². The summed E-state index contributed by atoms with van der Waals surface area (Å²) in [6, 6.07) is 8.25. The molecular formula is C16H21N. The molecule has 1 N–H and O–H groups in total. The van der Waals surface area contributed by atoms with E-state index in [-0.39, 0.29) is 0 Å². The van der Waals surface area contributed by atoms with Gasteiger partial charge < -0.3 is 5.32 Å². The van der Waals surface area contributed by atoms with Crippen molar-refractivity contribution in [1.82, 2.24) is 5.32 Å². The first kappa shape index (κ1) is 12.2. The zero-order chi connectivity index (χ0) is 11.9. The van der Waals surface area contributed by atoms with Crippen LogP contribution in [-0.2, 0) is 6.54 Å². The Morgan fingerprint density at radius 3 is 2.47 bits per heavy atom. The molecule has 90 valence electrons. The van der Waals surface area contributed by atoms with Gasteiger partial charge in [0.05, 0.1) is 0 Å². The molecule has 0 spiro atoms. The van der Waals surface area contributed by atoms with Gasteiger partial charge in [0.1, 0.15) is 0 Å². The summed E-state index contributed by atoms with van der Waals surface area (Å²) in [5.74, 6) is 3.54. The normalized spacial score (nSPS) is 16.6. The molecule has 0 atom stereocenters. The Morgan fingerprint density at radius 2 is 1.82 bits per heavy atom. The molecule has 0 saturated heterocycles. The summed E-state index contributed by atoms with van der Waals surface area (Å²) in [6.45, 7) is 2.12. The lowest BCUT2D eigenvalue weighted by Crippen LogP contribution is -2.24. The van der Waals surface area contributed by atoms with Crippen molar-refractivity contribution < 1.29 is 0 Å². The van der Waals surface area contributed by atoms with Crippen LogP contribution in [0.3, 0.4) is 0 Å². The predicted octanol–water partition coefficient (Wildman–Crippen LogP) is 3.34. The van der Waals surface area contributed by atoms with Gasteiger partial charge in [0, 0.05) is 12.1 Å². The van der Waals surface area contributed by atoms with Crippen LogP contribution in [0.5, 0.6) is 0 Å². The Hall–Kier alpha value is -1.26. The molecule has 1 heteroatoms. The van der Waals surface area contributed by atoms with Gasteiger partial charge in [-0.1, -0.05) is 37.3 Å². The Balaban J connectivity index is 1.72. The number of terminal acetylenes is 1. The van der Waals surface area contributed by atoms with Crippen LogP contribution < -0.4 is 5.32 Å². The van der Waals surface area contributed by atoms with E-state index in [0.717, 1.165) is 24.6 Å². The molecule has 1 aliphatic rings. The maximum Gasteiger partial charge on any atom is 0.0242 e. The van der Waals surface area contributed by atoms with Crippen molar-refractivity contribution in [3.05, 3.63) is 35.4 Å². The molecule has 0 amide bonds. The molecule has 1 aromatic carbocycles. The van der Waals surface area contributed by atoms with E-state index in [2.05, 4.69) is 23.4 Å². The Labute approximate surface area is 105 Å². The Kier molecular flexibility index (Phi) is 4.64. The standard InChI is InChI=1S/C16H21N/c1-2-14-8-10-16(11-9-14)13-17-12-15-6-4-3-5-7-15/h1,8-11,15,17H,3-7,12-13H2. The SMILES string of the molecule is C#Cc1ccc(CNCC2CCCCC2)cc1. The molecule has 1 saturated carbocycles. The molecular weight excluding hydrogens is 206 g/mol. The van der Waals surface area contributed by atoms with E-state index in [4.69, 9.17) is 6.42 Å². The van der Waals surface area contributed by atoms with Crippen LogP contribution in [0.2, 0.25) is 0 Å². The molecule has 0 radical (unpaired) electrons. The molecule has 2 rings (SSSR count). The Morgan fingerprint density at radius 1 is 1.12 bits per heavy atom. The second-order valence-corrected chi connectivity index (χ2v) is 4.98. The first-order valence-electron chi connectivity index (χ1n) is 6.65. The third-order valence-electron chi connectivity index (χ3n) is 3.61. The highest BCUT2D eigenvalue weighted by atomic mass is 14.9. The van der Waals surface area contributed by atoms with E-state index in [9.17, 15) is 0 Å². The highest BCUT2D eigenvalue weighted by Gasteiger charge is 2.12. The minimum Gasteiger partial charge on any atom is -0.312 e. The van der Waals surface area contributed by atoms with Crippen molar-refractivity contribution in [3.8, 4) is 12.3 Å². The zero-order valence-electron chi connectivity index (χ0n) is 10.4. The number of benzene rings is 1. The summed E-state index contributed by atoms with van der Waals surface area (Å²) in [5, 5.41) is 3.56. The van der Waals surface area contributed by atoms with E-state index in [0.29, 0.717) is 0 Å². The zero-order valence-corrected chi connectivity index (χ0v) is 10.4. The predicted molar refractivity (Wildman–Crippen MR) is 72.7 cm³/mol. The molecule has 0 heterocycles. The summed E-state index contributed by atoms with van der Waals surface area (Å²) in [7, 11) is 0. The molecule has 1 fully saturated rings. The second kappa shape index (κ2) is 6.47. The quantitative estimate of drug-likeness (QED) is 0.778. The monoisotopic (exact) mass is 227 g/mol. The van der Waals surface area contributed by atoms with Crippen LogP contribution in [0.25, 0.3) is 0 Å². The summed E-state index contributed by atoms with van der Waals surface area (Å²) in [6.07, 6.45) is 12.4. The average Bonchev–Trinajstić information content (AvgIpc) is 2.41. The van der Waals surface area contributed by atoms with Gasteiger partial charge in [0.2, 0.25) is 0 Å². The molecule has 0 aromatic heterocycles. The highest BCUT2D eigenvalue weighted by Crippen LogP contribution is 2.22. The van der Waals surface area contributed by atoms with Gasteiger partial charge in [-0.05, 0) is 43.0 Å². The third-order valence-corrected chi connectivity index (χ3v) is 3.61. The van der Waals surface area contributed by atoms with E-state index >= 15 is 0 Å². The molecule has 1 aliphatic carbocycles. The van der Waals surface area contributed by atoms with Crippen molar-refractivity contribution in [3.63, 3.8) is 0 Å². The van der Waals surface area contributed by atoms with E-state index in [1.54, 1.807) is 0 Å². The fourth-order valence-corrected chi connectivity index (χ4v) is 2.53. The summed E-state index contributed by atoms with van der Waals surface area (Å²) in [5.41, 5.74) is 2.28. The third kappa shape index (κ3) is 3.91. The molecule has 17 heavy (non-hydrogen) atoms. The fraction of sp³-hybridized carbons (Fsp3) is 0.500. The van der Waals surface area contributed by atoms with Crippen LogP contribution in [0.1, 0.15) is 43.2 Å². The molecule has 1 aromatic rings. The molecule has 0 unspecified atom stereocenters. The fourth-order valence-electron chi connectivity index (χ4n) is 2.53. The number of hydrogen-bond donors (Lipinski definition) is 1. The number of hydrogen-bond acceptors (Lipinski definition) is 1. The van der Waals surface area contributed by atoms with Gasteiger partial charge >= 0.3 is 0 Å². The number of rotatable bonds is 4. The summed E-state index contributed by atoms with van der Waals surface area (Å²) in [4.78, 5) is 0. The van der Waals surface area contributed by atoms with Crippen LogP contribution in [-0.4, -0.2) is 6.54 Å². The maximum absolute atomic E-state index is 5.33. The maximum atomic E-state index is 5.33. The molecule has 0 bridgehead atoms. The van der Waals surface area contributed by atoms with Gasteiger partial charge in [0.15, 0.2) is 0 Å². The summed E-state index contributed by atoms with van der Waals surface area (Å²) < 4.78 is 0. The largest absolute Gasteiger partial charge is 0.312 e. The smallest absolute Gasteiger partial charge is 0.0242 e. The van der Waals surface area contributed by atoms with Crippen molar-refractivity contribution in [2.24, 2.45) is 5.92 Å². The van der Waals surface area contributed by atoms with Crippen LogP contribution in [0.15, 0.2) is 24.3 Å². The lowest BCUT2D eigenvalue weighted by atomic mass is 9.89. The van der Waals surface area contributed by atoms with E-state index in [1.807, 2.05) is 12.1 Å². The van der Waals surface area contributed by atoms with Crippen LogP contribution in [0.4, 0.5) is 0 Å². The molecule has 0 aliphatic heterocycles. The van der Waals surface area contributed by atoms with E-state index in [1.165, 1.54) is 37.7 Å². The van der Waals surface area contributed by atoms with Gasteiger partial charge in [-0.25, -0.2) is 0 Å². The van der Waals surface area contributed by atoms with Gasteiger partial charge in [-0.15, -0.1) is 6.42 Å². The highest BCUT2D eigenvalue weighted by molar-refractivity contribution is 5.34. The first-order chi connectivity index (χ1) is 8.38. The number of nitrogens with one attached hydrogen (secondary N) is 1. The first-order valence-corrected chi connectivity index (χ1v) is 6.65. The Bertz CT molecular complexity index is 366. The lowest BCUT2D eigenvalue weighted by Gasteiger charge is -2.21. The summed E-state index contributed by atoms with van der Waals surface area (Å²) >= 11 is 0. The van der Waals surface area contributed by atoms with Crippen molar-refractivity contribution in [1.29, 1.82) is 0 Å². The van der Waals surface area contributed by atoms with Crippen molar-refractivity contribution in [2.45, 2.75) is 38.6 Å². The second-order valence-electron chi connectivity index (χ2n) is 4.98. The van der Waals surface area contributed by atoms with Gasteiger partial charge in [-0.2, -0.15) is 0 Å². The molecule has 1 nitrogen and oxygen atoms in total. The topological polar surface area (TPSA) is 12.0 Å². The average molecular weight is 227 g/mol. The van der Waals surface area contributed by atoms with E-state index < -0.39 is 0 Å². The van der Waals surface area contributed by atoms with Gasteiger partial charge in [-0.3, -0.25) is 0 Å². The van der Waals surface area contributed by atoms with Crippen LogP contribution in [0, 0.1) is 18.3 Å². The minimum atomic E-state index is 0.897. The minimum absolute atomic E-state index is 0.897. The van der Waals surface area contributed by atoms with Crippen LogP contribution >= 0.6 is 0 Å². The lowest BCUT2D eigenvalue weighted by molar-refractivity contribution is 0.342. The van der Waals surface area contributed by atoms with Crippen molar-refractivity contribution in [2.75, 3.05) is 6.54 Å². The van der Waals surface area contributed by atoms with Crippen molar-refractivity contribution >= 4 is 0 Å².